The summed E-state index contributed by atoms with van der Waals surface area (Å²) >= 11 is 1.82. The quantitative estimate of drug-likeness (QED) is 0.639. The molecular weight excluding hydrogens is 457 g/mol. The second kappa shape index (κ2) is 9.84. The number of hydrogen-bond acceptors (Lipinski definition) is 8. The number of aliphatic imine (C=N–C) groups is 1. The molecule has 2 aliphatic rings. The summed E-state index contributed by atoms with van der Waals surface area (Å²) in [6, 6.07) is 2.88. The molecule has 1 aromatic heterocycles. The predicted octanol–water partition coefficient (Wildman–Crippen LogP) is 2.77. The van der Waals surface area contributed by atoms with Crippen molar-refractivity contribution >= 4 is 23.6 Å². The van der Waals surface area contributed by atoms with Crippen molar-refractivity contribution in [2.45, 2.75) is 6.04 Å². The highest BCUT2D eigenvalue weighted by Gasteiger charge is 2.35. The van der Waals surface area contributed by atoms with Crippen LogP contribution in [0.4, 0.5) is 13.2 Å². The minimum Gasteiger partial charge on any atom is -0.507 e. The van der Waals surface area contributed by atoms with E-state index in [9.17, 15) is 23.1 Å². The Kier molecular flexibility index (Phi) is 6.89. The largest absolute Gasteiger partial charge is 0.507 e. The Hall–Kier alpha value is -3.05. The van der Waals surface area contributed by atoms with Gasteiger partial charge in [0, 0.05) is 54.5 Å². The van der Waals surface area contributed by atoms with Gasteiger partial charge in [-0.05, 0) is 12.1 Å². The Labute approximate surface area is 192 Å². The van der Waals surface area contributed by atoms with Crippen LogP contribution < -0.4 is 5.32 Å². The van der Waals surface area contributed by atoms with Crippen molar-refractivity contribution in [3.05, 3.63) is 70.4 Å². The van der Waals surface area contributed by atoms with Crippen LogP contribution in [-0.2, 0) is 9.53 Å². The van der Waals surface area contributed by atoms with E-state index in [0.717, 1.165) is 42.9 Å². The number of nitrogens with zero attached hydrogens (tertiary/aromatic N) is 3. The fourth-order valence-corrected chi connectivity index (χ4v) is 4.71. The van der Waals surface area contributed by atoms with Gasteiger partial charge in [-0.15, -0.1) is 0 Å². The number of ether oxygens (including phenoxy) is 1. The Balaban J connectivity index is 1.85. The summed E-state index contributed by atoms with van der Waals surface area (Å²) in [6.07, 6.45) is 0.855. The molecule has 0 amide bonds. The molecule has 1 fully saturated rings. The van der Waals surface area contributed by atoms with Gasteiger partial charge in [0.1, 0.15) is 29.1 Å². The molecule has 2 aliphatic heterocycles. The van der Waals surface area contributed by atoms with Gasteiger partial charge in [-0.25, -0.2) is 22.9 Å². The van der Waals surface area contributed by atoms with Gasteiger partial charge in [0.05, 0.1) is 18.9 Å². The lowest BCUT2D eigenvalue weighted by molar-refractivity contribution is -0.136. The molecule has 7 nitrogen and oxygen atoms in total. The van der Waals surface area contributed by atoms with Crippen LogP contribution in [0.2, 0.25) is 0 Å². The van der Waals surface area contributed by atoms with Crippen molar-refractivity contribution in [2.75, 3.05) is 38.2 Å². The highest BCUT2D eigenvalue weighted by molar-refractivity contribution is 7.99. The zero-order chi connectivity index (χ0) is 23.5. The van der Waals surface area contributed by atoms with Gasteiger partial charge in [0.2, 0.25) is 0 Å². The van der Waals surface area contributed by atoms with E-state index in [1.54, 1.807) is 0 Å². The number of phenols is 1. The SMILES string of the molecule is COC(=O)C1=C(CN2CCSCC2)NC(c2ncc(F)cc2F)=N[C@H]1c1ccc(F)cc1O. The first-order valence-electron chi connectivity index (χ1n) is 10.1. The number of thioether (sulfide) groups is 1. The van der Waals surface area contributed by atoms with Gasteiger partial charge in [-0.1, -0.05) is 0 Å². The summed E-state index contributed by atoms with van der Waals surface area (Å²) in [5, 5.41) is 13.4. The van der Waals surface area contributed by atoms with Gasteiger partial charge < -0.3 is 15.2 Å². The molecule has 33 heavy (non-hydrogen) atoms. The van der Waals surface area contributed by atoms with E-state index in [2.05, 4.69) is 20.2 Å². The molecule has 3 heterocycles. The highest BCUT2D eigenvalue weighted by Crippen LogP contribution is 2.37. The number of carbonyl (C=O) groups is 1. The van der Waals surface area contributed by atoms with Crippen molar-refractivity contribution in [3.8, 4) is 5.75 Å². The topological polar surface area (TPSA) is 87.0 Å². The first-order valence-corrected chi connectivity index (χ1v) is 11.3. The smallest absolute Gasteiger partial charge is 0.338 e. The summed E-state index contributed by atoms with van der Waals surface area (Å²) in [5.74, 6) is -1.81. The maximum atomic E-state index is 14.6. The molecule has 0 unspecified atom stereocenters. The summed E-state index contributed by atoms with van der Waals surface area (Å²) < 4.78 is 46.6. The lowest BCUT2D eigenvalue weighted by Crippen LogP contribution is -2.42. The Morgan fingerprint density at radius 1 is 1.24 bits per heavy atom. The molecule has 2 aromatic rings. The number of esters is 1. The van der Waals surface area contributed by atoms with Crippen LogP contribution in [0.15, 0.2) is 46.7 Å². The van der Waals surface area contributed by atoms with Crippen LogP contribution >= 0.6 is 11.8 Å². The van der Waals surface area contributed by atoms with Crippen LogP contribution in [0.25, 0.3) is 0 Å². The second-order valence-electron chi connectivity index (χ2n) is 7.46. The molecule has 0 aliphatic carbocycles. The third-order valence-corrected chi connectivity index (χ3v) is 6.28. The van der Waals surface area contributed by atoms with Crippen molar-refractivity contribution in [3.63, 3.8) is 0 Å². The van der Waals surface area contributed by atoms with E-state index in [4.69, 9.17) is 4.74 Å². The van der Waals surface area contributed by atoms with Gasteiger partial charge in [-0.2, -0.15) is 11.8 Å². The second-order valence-corrected chi connectivity index (χ2v) is 8.69. The number of benzene rings is 1. The van der Waals surface area contributed by atoms with Gasteiger partial charge in [0.15, 0.2) is 11.7 Å². The average molecular weight is 478 g/mol. The maximum Gasteiger partial charge on any atom is 0.338 e. The molecule has 0 bridgehead atoms. The van der Waals surface area contributed by atoms with Crippen molar-refractivity contribution < 1.29 is 27.8 Å². The Morgan fingerprint density at radius 3 is 2.67 bits per heavy atom. The summed E-state index contributed by atoms with van der Waals surface area (Å²) in [4.78, 5) is 23.2. The third-order valence-electron chi connectivity index (χ3n) is 5.34. The third kappa shape index (κ3) is 4.98. The van der Waals surface area contributed by atoms with Crippen LogP contribution in [0.3, 0.4) is 0 Å². The number of nitrogens with one attached hydrogen (secondary N) is 1. The van der Waals surface area contributed by atoms with Crippen LogP contribution in [0.1, 0.15) is 17.3 Å². The number of aromatic hydroxyl groups is 1. The lowest BCUT2D eigenvalue weighted by atomic mass is 9.94. The molecule has 1 saturated heterocycles. The van der Waals surface area contributed by atoms with Crippen molar-refractivity contribution in [1.82, 2.24) is 15.2 Å². The van der Waals surface area contributed by atoms with Crippen molar-refractivity contribution in [1.29, 1.82) is 0 Å². The van der Waals surface area contributed by atoms with Crippen LogP contribution in [0, 0.1) is 17.5 Å². The summed E-state index contributed by atoms with van der Waals surface area (Å²) in [7, 11) is 1.21. The molecule has 174 valence electrons. The zero-order valence-corrected chi connectivity index (χ0v) is 18.5. The molecule has 11 heteroatoms. The molecule has 0 saturated carbocycles. The normalized spacial score (nSPS) is 19.2. The fourth-order valence-electron chi connectivity index (χ4n) is 3.74. The summed E-state index contributed by atoms with van der Waals surface area (Å²) in [5.41, 5.74) is 0.366. The van der Waals surface area contributed by atoms with E-state index < -0.39 is 35.2 Å². The average Bonchev–Trinajstić information content (AvgIpc) is 2.79. The summed E-state index contributed by atoms with van der Waals surface area (Å²) in [6.45, 7) is 1.84. The minimum absolute atomic E-state index is 0.0461. The minimum atomic E-state index is -1.13. The van der Waals surface area contributed by atoms with E-state index in [1.807, 2.05) is 11.8 Å². The van der Waals surface area contributed by atoms with E-state index >= 15 is 0 Å². The number of rotatable bonds is 5. The number of amidine groups is 1. The number of aromatic nitrogens is 1. The molecule has 1 aromatic carbocycles. The fraction of sp³-hybridized carbons (Fsp3) is 0.318. The Morgan fingerprint density at radius 2 is 2.00 bits per heavy atom. The van der Waals surface area contributed by atoms with E-state index in [0.29, 0.717) is 18.3 Å². The van der Waals surface area contributed by atoms with Crippen LogP contribution in [-0.4, -0.2) is 65.0 Å². The molecule has 0 radical (unpaired) electrons. The van der Waals surface area contributed by atoms with E-state index in [-0.39, 0.29) is 22.7 Å². The number of pyridine rings is 1. The number of hydrogen-bond donors (Lipinski definition) is 2. The number of carbonyl (C=O) groups excluding carboxylic acids is 1. The van der Waals surface area contributed by atoms with Gasteiger partial charge in [-0.3, -0.25) is 9.89 Å². The van der Waals surface area contributed by atoms with Gasteiger partial charge >= 0.3 is 5.97 Å². The molecule has 4 rings (SSSR count). The first-order chi connectivity index (χ1) is 15.9. The number of phenolic OH excluding ortho intramolecular Hbond substituents is 1. The first kappa shape index (κ1) is 23.1. The standard InChI is InChI=1S/C22H21F3N4O3S/c1-32-22(31)18-16(11-29-4-6-33-7-5-29)27-21(20-15(25)8-13(24)10-26-20)28-19(18)14-3-2-12(23)9-17(14)30/h2-3,8-10,19,30H,4-7,11H2,1H3,(H,27,28)/t19-/m0/s1. The number of halogens is 3. The predicted molar refractivity (Wildman–Crippen MR) is 117 cm³/mol. The van der Waals surface area contributed by atoms with Gasteiger partial charge in [0.25, 0.3) is 0 Å². The Bertz CT molecular complexity index is 1140. The zero-order valence-electron chi connectivity index (χ0n) is 17.6. The molecule has 1 atom stereocenters. The monoisotopic (exact) mass is 478 g/mol. The highest BCUT2D eigenvalue weighted by atomic mass is 32.2. The molecular formula is C22H21F3N4O3S. The maximum absolute atomic E-state index is 14.6. The molecule has 2 N–H and O–H groups in total. The van der Waals surface area contributed by atoms with Crippen LogP contribution in [0.5, 0.6) is 5.75 Å². The number of methoxy groups -OCH3 is 1. The lowest BCUT2D eigenvalue weighted by Gasteiger charge is -2.32. The van der Waals surface area contributed by atoms with E-state index in [1.165, 1.54) is 13.2 Å². The van der Waals surface area contributed by atoms with Crippen molar-refractivity contribution in [2.24, 2.45) is 4.99 Å². The molecule has 0 spiro atoms.